The molecule has 88 valence electrons. The van der Waals surface area contributed by atoms with E-state index >= 15 is 0 Å². The standard InChI is InChI=1S/C12H19N3O/c1-2-9(7-16)15-12-10-5-3-4-6-11(10)13-8-14-12/h8-9,16H,2-7H2,1H3,(H,13,14,15). The molecule has 16 heavy (non-hydrogen) atoms. The first-order valence-corrected chi connectivity index (χ1v) is 6.05. The first-order valence-electron chi connectivity index (χ1n) is 6.05. The molecule has 1 aromatic heterocycles. The Bertz CT molecular complexity index is 350. The van der Waals surface area contributed by atoms with Crippen molar-refractivity contribution < 1.29 is 5.11 Å². The van der Waals surface area contributed by atoms with Gasteiger partial charge < -0.3 is 10.4 Å². The number of aliphatic hydroxyl groups excluding tert-OH is 1. The SMILES string of the molecule is CCC(CO)Nc1ncnc2c1CCCC2. The van der Waals surface area contributed by atoms with E-state index in [4.69, 9.17) is 0 Å². The number of aromatic nitrogens is 2. The van der Waals surface area contributed by atoms with Gasteiger partial charge in [0, 0.05) is 11.3 Å². The van der Waals surface area contributed by atoms with Crippen molar-refractivity contribution in [3.63, 3.8) is 0 Å². The molecular formula is C12H19N3O. The highest BCUT2D eigenvalue weighted by molar-refractivity contribution is 5.47. The molecule has 1 aliphatic carbocycles. The van der Waals surface area contributed by atoms with E-state index < -0.39 is 0 Å². The van der Waals surface area contributed by atoms with E-state index in [1.54, 1.807) is 6.33 Å². The number of hydrogen-bond acceptors (Lipinski definition) is 4. The van der Waals surface area contributed by atoms with Crippen LogP contribution in [-0.2, 0) is 12.8 Å². The van der Waals surface area contributed by atoms with Gasteiger partial charge in [0.15, 0.2) is 0 Å². The Balaban J connectivity index is 2.20. The molecule has 0 aliphatic heterocycles. The molecule has 0 saturated heterocycles. The number of fused-ring (bicyclic) bond motifs is 1. The van der Waals surface area contributed by atoms with Crippen LogP contribution >= 0.6 is 0 Å². The second kappa shape index (κ2) is 5.25. The Morgan fingerprint density at radius 2 is 2.19 bits per heavy atom. The lowest BCUT2D eigenvalue weighted by atomic mass is 9.96. The van der Waals surface area contributed by atoms with Crippen molar-refractivity contribution in [2.45, 2.75) is 45.1 Å². The van der Waals surface area contributed by atoms with Crippen molar-refractivity contribution in [2.24, 2.45) is 0 Å². The van der Waals surface area contributed by atoms with Gasteiger partial charge in [0.1, 0.15) is 12.1 Å². The zero-order chi connectivity index (χ0) is 11.4. The molecular weight excluding hydrogens is 202 g/mol. The van der Waals surface area contributed by atoms with Crippen LogP contribution in [0, 0.1) is 0 Å². The summed E-state index contributed by atoms with van der Waals surface area (Å²) in [5.74, 6) is 0.922. The van der Waals surface area contributed by atoms with Crippen molar-refractivity contribution in [1.29, 1.82) is 0 Å². The molecule has 1 heterocycles. The van der Waals surface area contributed by atoms with Crippen LogP contribution < -0.4 is 5.32 Å². The van der Waals surface area contributed by atoms with Crippen molar-refractivity contribution in [3.05, 3.63) is 17.6 Å². The molecule has 1 unspecified atom stereocenters. The van der Waals surface area contributed by atoms with Gasteiger partial charge in [-0.25, -0.2) is 9.97 Å². The number of rotatable bonds is 4. The van der Waals surface area contributed by atoms with Gasteiger partial charge in [-0.05, 0) is 32.1 Å². The second-order valence-corrected chi connectivity index (χ2v) is 4.29. The average molecular weight is 221 g/mol. The molecule has 0 radical (unpaired) electrons. The van der Waals surface area contributed by atoms with Crippen LogP contribution in [0.15, 0.2) is 6.33 Å². The van der Waals surface area contributed by atoms with E-state index in [2.05, 4.69) is 22.2 Å². The van der Waals surface area contributed by atoms with Gasteiger partial charge in [0.05, 0.1) is 12.6 Å². The summed E-state index contributed by atoms with van der Waals surface area (Å²) in [6.07, 6.45) is 7.07. The van der Waals surface area contributed by atoms with E-state index in [0.29, 0.717) is 0 Å². The third-order valence-electron chi connectivity index (χ3n) is 3.18. The Labute approximate surface area is 96.1 Å². The maximum atomic E-state index is 9.19. The summed E-state index contributed by atoms with van der Waals surface area (Å²) >= 11 is 0. The van der Waals surface area contributed by atoms with E-state index in [-0.39, 0.29) is 12.6 Å². The molecule has 1 atom stereocenters. The topological polar surface area (TPSA) is 58.0 Å². The van der Waals surface area contributed by atoms with Crippen molar-refractivity contribution >= 4 is 5.82 Å². The fourth-order valence-corrected chi connectivity index (χ4v) is 2.12. The number of hydrogen-bond donors (Lipinski definition) is 2. The average Bonchev–Trinajstić information content (AvgIpc) is 2.36. The minimum atomic E-state index is 0.0981. The summed E-state index contributed by atoms with van der Waals surface area (Å²) in [6.45, 7) is 2.21. The minimum Gasteiger partial charge on any atom is -0.394 e. The number of aryl methyl sites for hydroxylation is 1. The first kappa shape index (κ1) is 11.3. The molecule has 1 aromatic rings. The Morgan fingerprint density at radius 1 is 1.38 bits per heavy atom. The van der Waals surface area contributed by atoms with E-state index in [9.17, 15) is 5.11 Å². The van der Waals surface area contributed by atoms with Gasteiger partial charge in [-0.2, -0.15) is 0 Å². The molecule has 0 bridgehead atoms. The van der Waals surface area contributed by atoms with Crippen LogP contribution in [0.3, 0.4) is 0 Å². The Hall–Kier alpha value is -1.16. The quantitative estimate of drug-likeness (QED) is 0.809. The molecule has 0 saturated carbocycles. The monoisotopic (exact) mass is 221 g/mol. The molecule has 2 N–H and O–H groups in total. The fraction of sp³-hybridized carbons (Fsp3) is 0.667. The lowest BCUT2D eigenvalue weighted by Gasteiger charge is -2.21. The van der Waals surface area contributed by atoms with Gasteiger partial charge >= 0.3 is 0 Å². The maximum Gasteiger partial charge on any atom is 0.133 e. The zero-order valence-electron chi connectivity index (χ0n) is 9.74. The molecule has 4 nitrogen and oxygen atoms in total. The summed E-state index contributed by atoms with van der Waals surface area (Å²) in [5.41, 5.74) is 2.43. The Kier molecular flexibility index (Phi) is 3.72. The molecule has 2 rings (SSSR count). The first-order chi connectivity index (χ1) is 7.85. The second-order valence-electron chi connectivity index (χ2n) is 4.29. The summed E-state index contributed by atoms with van der Waals surface area (Å²) in [4.78, 5) is 8.62. The van der Waals surface area contributed by atoms with Crippen molar-refractivity contribution in [3.8, 4) is 0 Å². The van der Waals surface area contributed by atoms with Gasteiger partial charge in [-0.1, -0.05) is 6.92 Å². The van der Waals surface area contributed by atoms with Gasteiger partial charge in [0.25, 0.3) is 0 Å². The highest BCUT2D eigenvalue weighted by atomic mass is 16.3. The highest BCUT2D eigenvalue weighted by Crippen LogP contribution is 2.24. The van der Waals surface area contributed by atoms with Crippen LogP contribution in [0.1, 0.15) is 37.4 Å². The van der Waals surface area contributed by atoms with Gasteiger partial charge in [-0.3, -0.25) is 0 Å². The number of nitrogens with one attached hydrogen (secondary N) is 1. The number of nitrogens with zero attached hydrogens (tertiary/aromatic N) is 2. The van der Waals surface area contributed by atoms with E-state index in [1.807, 2.05) is 0 Å². The van der Waals surface area contributed by atoms with Crippen LogP contribution in [0.5, 0.6) is 0 Å². The largest absolute Gasteiger partial charge is 0.394 e. The summed E-state index contributed by atoms with van der Waals surface area (Å²) in [7, 11) is 0. The smallest absolute Gasteiger partial charge is 0.133 e. The van der Waals surface area contributed by atoms with E-state index in [0.717, 1.165) is 25.1 Å². The maximum absolute atomic E-state index is 9.19. The van der Waals surface area contributed by atoms with E-state index in [1.165, 1.54) is 24.1 Å². The Morgan fingerprint density at radius 3 is 2.94 bits per heavy atom. The van der Waals surface area contributed by atoms with Crippen LogP contribution in [0.2, 0.25) is 0 Å². The predicted octanol–water partition coefficient (Wildman–Crippen LogP) is 1.54. The molecule has 1 aliphatic rings. The predicted molar refractivity (Wildman–Crippen MR) is 63.5 cm³/mol. The van der Waals surface area contributed by atoms with Crippen LogP contribution in [0.25, 0.3) is 0 Å². The molecule has 0 spiro atoms. The highest BCUT2D eigenvalue weighted by Gasteiger charge is 2.16. The molecule has 4 heteroatoms. The summed E-state index contributed by atoms with van der Waals surface area (Å²) in [5, 5.41) is 12.5. The van der Waals surface area contributed by atoms with Crippen molar-refractivity contribution in [1.82, 2.24) is 9.97 Å². The minimum absolute atomic E-state index is 0.0981. The molecule has 0 fully saturated rings. The number of aliphatic hydroxyl groups is 1. The number of anilines is 1. The van der Waals surface area contributed by atoms with Crippen LogP contribution in [0.4, 0.5) is 5.82 Å². The van der Waals surface area contributed by atoms with Gasteiger partial charge in [-0.15, -0.1) is 0 Å². The van der Waals surface area contributed by atoms with Crippen LogP contribution in [-0.4, -0.2) is 27.7 Å². The van der Waals surface area contributed by atoms with Crippen molar-refractivity contribution in [2.75, 3.05) is 11.9 Å². The molecule has 0 amide bonds. The third-order valence-corrected chi connectivity index (χ3v) is 3.18. The summed E-state index contributed by atoms with van der Waals surface area (Å²) in [6, 6.07) is 0.0981. The van der Waals surface area contributed by atoms with Gasteiger partial charge in [0.2, 0.25) is 0 Å². The normalized spacial score (nSPS) is 16.6. The summed E-state index contributed by atoms with van der Waals surface area (Å²) < 4.78 is 0. The zero-order valence-corrected chi connectivity index (χ0v) is 9.74. The molecule has 0 aromatic carbocycles. The third kappa shape index (κ3) is 2.32. The lowest BCUT2D eigenvalue weighted by Crippen LogP contribution is -2.25. The fourth-order valence-electron chi connectivity index (χ4n) is 2.12. The lowest BCUT2D eigenvalue weighted by molar-refractivity contribution is 0.271.